The minimum Gasteiger partial charge on any atom is -0.455 e. The Morgan fingerprint density at radius 1 is 0.419 bits per heavy atom. The Morgan fingerprint density at radius 2 is 1.10 bits per heavy atom. The second-order valence-corrected chi connectivity index (χ2v) is 17.1. The number of thiophene rings is 1. The SMILES string of the molecule is c1ccc(-c2ccc(N(c3ccc(-c4ccc5c6ccc7ccccc7c6n(-c6ccccc6)c5c4)cc3)c3cccc4sc5ccccc5c34)c3c2oc2ccccc23)cc1. The standard InChI is InChI=1S/C58H36N2OS/c1-3-14-38(15-4-1)44-34-35-50(56-47-20-9-11-23-52(47)61-58(44)56)59(49-22-13-25-54-55(49)48-21-10-12-24-53(48)62-54)42-30-26-37(27-31-42)40-29-32-45-46-33-28-39-16-7-8-19-43(39)57(46)60(51(45)36-40)41-17-5-2-6-18-41/h1-36H. The first-order valence-electron chi connectivity index (χ1n) is 21.1. The zero-order valence-electron chi connectivity index (χ0n) is 33.5. The fourth-order valence-corrected chi connectivity index (χ4v) is 10.9. The lowest BCUT2D eigenvalue weighted by atomic mass is 9.99. The van der Waals surface area contributed by atoms with Gasteiger partial charge in [0.2, 0.25) is 0 Å². The average molecular weight is 809 g/mol. The molecule has 62 heavy (non-hydrogen) atoms. The third-order valence-electron chi connectivity index (χ3n) is 12.6. The zero-order valence-corrected chi connectivity index (χ0v) is 34.3. The highest BCUT2D eigenvalue weighted by atomic mass is 32.1. The van der Waals surface area contributed by atoms with E-state index in [-0.39, 0.29) is 0 Å². The summed E-state index contributed by atoms with van der Waals surface area (Å²) in [6, 6.07) is 79.1. The molecular weight excluding hydrogens is 773 g/mol. The number of benzene rings is 10. The maximum atomic E-state index is 6.82. The molecule has 0 saturated carbocycles. The normalized spacial score (nSPS) is 11.9. The molecule has 0 bridgehead atoms. The number of rotatable bonds is 6. The van der Waals surface area contributed by atoms with Gasteiger partial charge in [-0.1, -0.05) is 152 Å². The van der Waals surface area contributed by atoms with Crippen LogP contribution in [0.15, 0.2) is 223 Å². The van der Waals surface area contributed by atoms with Gasteiger partial charge in [0, 0.05) is 58.7 Å². The lowest BCUT2D eigenvalue weighted by Crippen LogP contribution is -2.11. The topological polar surface area (TPSA) is 21.3 Å². The predicted molar refractivity (Wildman–Crippen MR) is 264 cm³/mol. The highest BCUT2D eigenvalue weighted by Crippen LogP contribution is 2.50. The number of hydrogen-bond donors (Lipinski definition) is 0. The number of anilines is 3. The summed E-state index contributed by atoms with van der Waals surface area (Å²) in [5.41, 5.74) is 13.1. The van der Waals surface area contributed by atoms with Gasteiger partial charge in [0.15, 0.2) is 0 Å². The summed E-state index contributed by atoms with van der Waals surface area (Å²) in [4.78, 5) is 2.45. The van der Waals surface area contributed by atoms with Gasteiger partial charge in [0.1, 0.15) is 11.2 Å². The monoisotopic (exact) mass is 808 g/mol. The molecule has 0 saturated heterocycles. The first-order chi connectivity index (χ1) is 30.8. The summed E-state index contributed by atoms with van der Waals surface area (Å²) in [7, 11) is 0. The molecule has 0 amide bonds. The van der Waals surface area contributed by atoms with Gasteiger partial charge >= 0.3 is 0 Å². The van der Waals surface area contributed by atoms with Crippen LogP contribution >= 0.6 is 11.3 Å². The predicted octanol–water partition coefficient (Wildman–Crippen LogP) is 17.0. The number of para-hydroxylation sites is 2. The van der Waals surface area contributed by atoms with E-state index in [2.05, 4.69) is 228 Å². The molecule has 0 unspecified atom stereocenters. The number of furan rings is 1. The first-order valence-corrected chi connectivity index (χ1v) is 21.9. The molecule has 0 N–H and O–H groups in total. The Bertz CT molecular complexity index is 3860. The quantitative estimate of drug-likeness (QED) is 0.167. The van der Waals surface area contributed by atoms with E-state index in [1.165, 1.54) is 58.3 Å². The van der Waals surface area contributed by atoms with Gasteiger partial charge in [0.05, 0.1) is 27.8 Å². The Morgan fingerprint density at radius 3 is 1.95 bits per heavy atom. The van der Waals surface area contributed by atoms with Crippen molar-refractivity contribution in [2.75, 3.05) is 4.90 Å². The maximum Gasteiger partial charge on any atom is 0.145 e. The third-order valence-corrected chi connectivity index (χ3v) is 13.7. The molecule has 4 heteroatoms. The highest BCUT2D eigenvalue weighted by molar-refractivity contribution is 7.26. The number of hydrogen-bond acceptors (Lipinski definition) is 3. The van der Waals surface area contributed by atoms with Crippen molar-refractivity contribution in [2.45, 2.75) is 0 Å². The Hall–Kier alpha value is -7.92. The molecule has 0 aliphatic carbocycles. The molecule has 290 valence electrons. The summed E-state index contributed by atoms with van der Waals surface area (Å²) in [5, 5.41) is 9.68. The van der Waals surface area contributed by atoms with Crippen LogP contribution in [0.5, 0.6) is 0 Å². The molecule has 0 atom stereocenters. The van der Waals surface area contributed by atoms with Crippen LogP contribution in [-0.4, -0.2) is 4.57 Å². The Kier molecular flexibility index (Phi) is 7.78. The molecule has 13 rings (SSSR count). The van der Waals surface area contributed by atoms with Gasteiger partial charge < -0.3 is 13.9 Å². The molecule has 0 spiro atoms. The van der Waals surface area contributed by atoms with Gasteiger partial charge in [-0.15, -0.1) is 11.3 Å². The van der Waals surface area contributed by atoms with Gasteiger partial charge in [-0.25, -0.2) is 0 Å². The van der Waals surface area contributed by atoms with Crippen LogP contribution in [0, 0.1) is 0 Å². The van der Waals surface area contributed by atoms with E-state index in [9.17, 15) is 0 Å². The fourth-order valence-electron chi connectivity index (χ4n) is 9.80. The van der Waals surface area contributed by atoms with Gasteiger partial charge in [-0.05, 0) is 88.8 Å². The van der Waals surface area contributed by atoms with Crippen LogP contribution in [0.2, 0.25) is 0 Å². The lowest BCUT2D eigenvalue weighted by Gasteiger charge is -2.28. The van der Waals surface area contributed by atoms with Crippen LogP contribution in [0.1, 0.15) is 0 Å². The molecule has 0 aliphatic heterocycles. The van der Waals surface area contributed by atoms with Crippen molar-refractivity contribution in [3.8, 4) is 27.9 Å². The third kappa shape index (κ3) is 5.30. The van der Waals surface area contributed by atoms with Gasteiger partial charge in [-0.2, -0.15) is 0 Å². The minimum atomic E-state index is 0.873. The van der Waals surface area contributed by atoms with Gasteiger partial charge in [-0.3, -0.25) is 0 Å². The summed E-state index contributed by atoms with van der Waals surface area (Å²) in [5.74, 6) is 0. The van der Waals surface area contributed by atoms with Crippen molar-refractivity contribution >= 4 is 103 Å². The molecule has 3 nitrogen and oxygen atoms in total. The largest absolute Gasteiger partial charge is 0.455 e. The highest BCUT2D eigenvalue weighted by Gasteiger charge is 2.25. The van der Waals surface area contributed by atoms with Gasteiger partial charge in [0.25, 0.3) is 0 Å². The van der Waals surface area contributed by atoms with Crippen molar-refractivity contribution in [1.82, 2.24) is 4.57 Å². The molecule has 0 fully saturated rings. The van der Waals surface area contributed by atoms with Crippen LogP contribution in [0.25, 0.3) is 103 Å². The van der Waals surface area contributed by atoms with Crippen molar-refractivity contribution in [2.24, 2.45) is 0 Å². The first kappa shape index (κ1) is 34.9. The van der Waals surface area contributed by atoms with E-state index in [0.29, 0.717) is 0 Å². The molecule has 13 aromatic rings. The van der Waals surface area contributed by atoms with E-state index in [1.54, 1.807) is 0 Å². The van der Waals surface area contributed by atoms with E-state index >= 15 is 0 Å². The maximum absolute atomic E-state index is 6.82. The van der Waals surface area contributed by atoms with E-state index in [4.69, 9.17) is 4.42 Å². The summed E-state index contributed by atoms with van der Waals surface area (Å²) in [6.07, 6.45) is 0. The number of fused-ring (bicyclic) bond motifs is 11. The molecule has 10 aromatic carbocycles. The molecule has 3 aromatic heterocycles. The van der Waals surface area contributed by atoms with Crippen molar-refractivity contribution in [1.29, 1.82) is 0 Å². The fraction of sp³-hybridized carbons (Fsp3) is 0. The second kappa shape index (κ2) is 13.8. The van der Waals surface area contributed by atoms with Crippen LogP contribution in [-0.2, 0) is 0 Å². The molecule has 0 radical (unpaired) electrons. The Balaban J connectivity index is 1.03. The Labute approximate surface area is 361 Å². The number of aromatic nitrogens is 1. The smallest absolute Gasteiger partial charge is 0.145 e. The van der Waals surface area contributed by atoms with Crippen molar-refractivity contribution < 1.29 is 4.42 Å². The van der Waals surface area contributed by atoms with E-state index in [1.807, 2.05) is 11.3 Å². The molecule has 0 aliphatic rings. The van der Waals surface area contributed by atoms with Crippen molar-refractivity contribution in [3.63, 3.8) is 0 Å². The van der Waals surface area contributed by atoms with E-state index in [0.717, 1.165) is 61.4 Å². The average Bonchev–Trinajstić information content (AvgIpc) is 4.03. The summed E-state index contributed by atoms with van der Waals surface area (Å²) >= 11 is 1.85. The van der Waals surface area contributed by atoms with Crippen molar-refractivity contribution in [3.05, 3.63) is 218 Å². The minimum absolute atomic E-state index is 0.873. The second-order valence-electron chi connectivity index (χ2n) is 16.0. The molecular formula is C58H36N2OS. The molecule has 3 heterocycles. The lowest BCUT2D eigenvalue weighted by molar-refractivity contribution is 0.670. The summed E-state index contributed by atoms with van der Waals surface area (Å²) < 4.78 is 11.8. The van der Waals surface area contributed by atoms with Crippen LogP contribution in [0.3, 0.4) is 0 Å². The van der Waals surface area contributed by atoms with E-state index < -0.39 is 0 Å². The number of nitrogens with zero attached hydrogens (tertiary/aromatic N) is 2. The van der Waals surface area contributed by atoms with Crippen LogP contribution < -0.4 is 4.90 Å². The van der Waals surface area contributed by atoms with Crippen LogP contribution in [0.4, 0.5) is 17.1 Å². The summed E-state index contributed by atoms with van der Waals surface area (Å²) in [6.45, 7) is 0. The zero-order chi connectivity index (χ0) is 40.7.